The van der Waals surface area contributed by atoms with Gasteiger partial charge in [0.05, 0.1) is 22.7 Å². The zero-order valence-electron chi connectivity index (χ0n) is 19.0. The first-order valence-corrected chi connectivity index (χ1v) is 12.0. The quantitative estimate of drug-likeness (QED) is 0.297. The Hall–Kier alpha value is -4.23. The van der Waals surface area contributed by atoms with E-state index in [1.54, 1.807) is 29.2 Å². The van der Waals surface area contributed by atoms with E-state index in [1.807, 2.05) is 68.4 Å². The highest BCUT2D eigenvalue weighted by molar-refractivity contribution is 7.15. The molecule has 3 aromatic carbocycles. The van der Waals surface area contributed by atoms with Crippen molar-refractivity contribution in [2.24, 2.45) is 0 Å². The molecule has 1 aliphatic heterocycles. The second-order valence-electron chi connectivity index (χ2n) is 8.37. The summed E-state index contributed by atoms with van der Waals surface area (Å²) in [6.45, 7) is 3.87. The number of benzene rings is 3. The molecule has 6 nitrogen and oxygen atoms in total. The summed E-state index contributed by atoms with van der Waals surface area (Å²) in [6.07, 6.45) is 0. The van der Waals surface area contributed by atoms with Crippen LogP contribution in [-0.2, 0) is 0 Å². The normalized spacial score (nSPS) is 15.0. The Labute approximate surface area is 205 Å². The summed E-state index contributed by atoms with van der Waals surface area (Å²) >= 11 is 1.42. The Kier molecular flexibility index (Phi) is 5.00. The lowest BCUT2D eigenvalue weighted by molar-refractivity contribution is 0.0971. The van der Waals surface area contributed by atoms with Crippen LogP contribution in [0.15, 0.2) is 88.1 Å². The van der Waals surface area contributed by atoms with E-state index in [0.29, 0.717) is 33.2 Å². The molecule has 3 heterocycles. The van der Waals surface area contributed by atoms with Crippen LogP contribution in [0.2, 0.25) is 0 Å². The van der Waals surface area contributed by atoms with Gasteiger partial charge in [0.15, 0.2) is 10.6 Å². The molecule has 7 heteroatoms. The number of aromatic nitrogens is 1. The van der Waals surface area contributed by atoms with E-state index in [0.717, 1.165) is 16.1 Å². The van der Waals surface area contributed by atoms with Crippen LogP contribution in [0.25, 0.3) is 11.0 Å². The number of anilines is 1. The van der Waals surface area contributed by atoms with E-state index in [1.165, 1.54) is 11.3 Å². The van der Waals surface area contributed by atoms with E-state index < -0.39 is 6.04 Å². The molecule has 2 aromatic heterocycles. The number of hydrogen-bond donors (Lipinski definition) is 0. The number of fused-ring (bicyclic) bond motifs is 2. The summed E-state index contributed by atoms with van der Waals surface area (Å²) in [7, 11) is 0. The van der Waals surface area contributed by atoms with Crippen LogP contribution >= 0.6 is 11.3 Å². The van der Waals surface area contributed by atoms with Crippen molar-refractivity contribution in [3.63, 3.8) is 0 Å². The van der Waals surface area contributed by atoms with E-state index in [9.17, 15) is 9.59 Å². The molecule has 6 rings (SSSR count). The molecular weight excluding hydrogens is 460 g/mol. The van der Waals surface area contributed by atoms with E-state index in [2.05, 4.69) is 4.98 Å². The minimum absolute atomic E-state index is 0.0542. The molecule has 0 spiro atoms. The molecule has 0 bridgehead atoms. The van der Waals surface area contributed by atoms with Crippen LogP contribution in [0.5, 0.6) is 11.5 Å². The summed E-state index contributed by atoms with van der Waals surface area (Å²) in [5, 5.41) is 0.966. The van der Waals surface area contributed by atoms with Gasteiger partial charge in [-0.2, -0.15) is 0 Å². The maximum Gasteiger partial charge on any atom is 0.297 e. The smallest absolute Gasteiger partial charge is 0.297 e. The van der Waals surface area contributed by atoms with E-state index in [4.69, 9.17) is 9.15 Å². The molecule has 5 aromatic rings. The van der Waals surface area contributed by atoms with Gasteiger partial charge in [-0.3, -0.25) is 14.5 Å². The molecule has 1 amide bonds. The number of aryl methyl sites for hydroxylation is 2. The van der Waals surface area contributed by atoms with Crippen molar-refractivity contribution in [1.82, 2.24) is 4.98 Å². The lowest BCUT2D eigenvalue weighted by atomic mass is 9.98. The third kappa shape index (κ3) is 3.52. The van der Waals surface area contributed by atoms with Gasteiger partial charge < -0.3 is 9.15 Å². The number of para-hydroxylation sites is 2. The largest absolute Gasteiger partial charge is 0.457 e. The number of hydrogen-bond acceptors (Lipinski definition) is 6. The van der Waals surface area contributed by atoms with Crippen LogP contribution in [-0.4, -0.2) is 10.9 Å². The van der Waals surface area contributed by atoms with Gasteiger partial charge in [0.25, 0.3) is 5.91 Å². The number of nitrogens with zero attached hydrogens (tertiary/aromatic N) is 2. The van der Waals surface area contributed by atoms with Gasteiger partial charge >= 0.3 is 0 Å². The minimum atomic E-state index is -0.692. The molecule has 1 aliphatic rings. The number of amides is 1. The van der Waals surface area contributed by atoms with Crippen LogP contribution in [0.3, 0.4) is 0 Å². The van der Waals surface area contributed by atoms with Gasteiger partial charge in [-0.25, -0.2) is 4.98 Å². The zero-order valence-corrected chi connectivity index (χ0v) is 19.8. The van der Waals surface area contributed by atoms with Crippen LogP contribution in [0.1, 0.15) is 38.3 Å². The molecule has 35 heavy (non-hydrogen) atoms. The summed E-state index contributed by atoms with van der Waals surface area (Å²) in [6, 6.07) is 23.2. The number of rotatable bonds is 4. The van der Waals surface area contributed by atoms with Gasteiger partial charge in [0.2, 0.25) is 5.76 Å². The van der Waals surface area contributed by atoms with Crippen LogP contribution < -0.4 is 15.1 Å². The molecule has 0 aliphatic carbocycles. The fraction of sp³-hybridized carbons (Fsp3) is 0.107. The standard InChI is InChI=1S/C28H20N2O4S/c1-16-17(2)35-28(29-16)30-24(18-9-8-12-20(15-18)33-19-10-4-3-5-11-19)23-25(31)21-13-6-7-14-22(21)34-26(23)27(30)32/h3-15,24H,1-2H3/t24-/m0/s1. The third-order valence-electron chi connectivity index (χ3n) is 6.15. The Morgan fingerprint density at radius 3 is 2.43 bits per heavy atom. The van der Waals surface area contributed by atoms with Crippen LogP contribution in [0, 0.1) is 13.8 Å². The second kappa shape index (κ2) is 8.21. The molecule has 1 atom stereocenters. The molecule has 0 saturated heterocycles. The first-order valence-electron chi connectivity index (χ1n) is 11.2. The second-order valence-corrected chi connectivity index (χ2v) is 9.56. The first-order chi connectivity index (χ1) is 17.0. The molecule has 0 radical (unpaired) electrons. The number of carbonyl (C=O) groups is 1. The Morgan fingerprint density at radius 1 is 0.914 bits per heavy atom. The maximum absolute atomic E-state index is 13.7. The van der Waals surface area contributed by atoms with Gasteiger partial charge in [0.1, 0.15) is 17.1 Å². The number of carbonyl (C=O) groups excluding carboxylic acids is 1. The Balaban J connectivity index is 1.55. The molecular formula is C28H20N2O4S. The van der Waals surface area contributed by atoms with Crippen molar-refractivity contribution >= 4 is 33.3 Å². The van der Waals surface area contributed by atoms with Crippen molar-refractivity contribution in [3.8, 4) is 11.5 Å². The van der Waals surface area contributed by atoms with Gasteiger partial charge in [-0.15, -0.1) is 11.3 Å². The average molecular weight is 481 g/mol. The average Bonchev–Trinajstić information content (AvgIpc) is 3.36. The third-order valence-corrected chi connectivity index (χ3v) is 7.23. The van der Waals surface area contributed by atoms with E-state index >= 15 is 0 Å². The monoisotopic (exact) mass is 480 g/mol. The number of thiazole rings is 1. The van der Waals surface area contributed by atoms with Crippen molar-refractivity contribution in [2.75, 3.05) is 4.90 Å². The first kappa shape index (κ1) is 21.3. The topological polar surface area (TPSA) is 72.6 Å². The highest BCUT2D eigenvalue weighted by Gasteiger charge is 2.45. The summed E-state index contributed by atoms with van der Waals surface area (Å²) in [5.74, 6) is 0.974. The lowest BCUT2D eigenvalue weighted by Crippen LogP contribution is -2.29. The lowest BCUT2D eigenvalue weighted by Gasteiger charge is -2.23. The zero-order chi connectivity index (χ0) is 24.1. The molecule has 0 saturated carbocycles. The van der Waals surface area contributed by atoms with Crippen molar-refractivity contribution in [3.05, 3.63) is 117 Å². The fourth-order valence-electron chi connectivity index (χ4n) is 4.36. The van der Waals surface area contributed by atoms with Gasteiger partial charge in [0, 0.05) is 4.88 Å². The summed E-state index contributed by atoms with van der Waals surface area (Å²) < 4.78 is 12.1. The molecule has 0 unspecified atom stereocenters. The highest BCUT2D eigenvalue weighted by Crippen LogP contribution is 2.43. The summed E-state index contributed by atoms with van der Waals surface area (Å²) in [4.78, 5) is 34.6. The highest BCUT2D eigenvalue weighted by atomic mass is 32.1. The SMILES string of the molecule is Cc1nc(N2C(=O)c3oc4ccccc4c(=O)c3[C@@H]2c2cccc(Oc3ccccc3)c2)sc1C. The van der Waals surface area contributed by atoms with Crippen molar-refractivity contribution < 1.29 is 13.9 Å². The number of ether oxygens (including phenoxy) is 1. The van der Waals surface area contributed by atoms with Gasteiger partial charge in [-0.1, -0.05) is 42.5 Å². The molecule has 0 fully saturated rings. The van der Waals surface area contributed by atoms with E-state index in [-0.39, 0.29) is 17.1 Å². The predicted octanol–water partition coefficient (Wildman–Crippen LogP) is 6.41. The Bertz CT molecular complexity index is 1640. The van der Waals surface area contributed by atoms with Crippen LogP contribution in [0.4, 0.5) is 5.13 Å². The fourth-order valence-corrected chi connectivity index (χ4v) is 5.30. The van der Waals surface area contributed by atoms with Gasteiger partial charge in [-0.05, 0) is 55.8 Å². The molecule has 172 valence electrons. The molecule has 0 N–H and O–H groups in total. The predicted molar refractivity (Wildman–Crippen MR) is 136 cm³/mol. The maximum atomic E-state index is 13.7. The summed E-state index contributed by atoms with van der Waals surface area (Å²) in [5.41, 5.74) is 2.06. The van der Waals surface area contributed by atoms with Crippen molar-refractivity contribution in [1.29, 1.82) is 0 Å². The van der Waals surface area contributed by atoms with Crippen molar-refractivity contribution in [2.45, 2.75) is 19.9 Å². The minimum Gasteiger partial charge on any atom is -0.457 e. The Morgan fingerprint density at radius 2 is 1.66 bits per heavy atom.